The van der Waals surface area contributed by atoms with E-state index in [9.17, 15) is 10.2 Å². The molecule has 5 heterocycles. The average Bonchev–Trinajstić information content (AvgIpc) is 2.91. The van der Waals surface area contributed by atoms with Crippen LogP contribution in [0.3, 0.4) is 0 Å². The summed E-state index contributed by atoms with van der Waals surface area (Å²) in [6.07, 6.45) is 17.1. The first-order valence-corrected chi connectivity index (χ1v) is 32.2. The minimum Gasteiger partial charge on any atom is -1.00 e. The monoisotopic (exact) mass is 1260 g/mol. The van der Waals surface area contributed by atoms with E-state index < -0.39 is 12.2 Å². The number of hydrogen-bond donors (Lipinski definition) is 5. The highest BCUT2D eigenvalue weighted by Crippen LogP contribution is 2.61. The number of quaternary nitrogens is 3. The van der Waals surface area contributed by atoms with Crippen LogP contribution in [0.1, 0.15) is 123 Å². The second kappa shape index (κ2) is 28.3. The number of nitrogens with zero attached hydrogens (tertiary/aromatic N) is 3. The van der Waals surface area contributed by atoms with Crippen molar-refractivity contribution in [1.82, 2.24) is 14.5 Å². The molecule has 0 spiro atoms. The molecule has 6 aromatic carbocycles. The Morgan fingerprint density at radius 3 is 1.90 bits per heavy atom. The molecule has 84 heavy (non-hydrogen) atoms. The normalized spacial score (nSPS) is 22.2. The van der Waals surface area contributed by atoms with Gasteiger partial charge in [-0.3, -0.25) is 4.98 Å². The summed E-state index contributed by atoms with van der Waals surface area (Å²) < 4.78 is 2.38. The van der Waals surface area contributed by atoms with Crippen molar-refractivity contribution in [2.24, 2.45) is 17.8 Å². The van der Waals surface area contributed by atoms with Gasteiger partial charge in [0.05, 0.1) is 41.4 Å². The van der Waals surface area contributed by atoms with Crippen molar-refractivity contribution < 1.29 is 63.8 Å². The molecule has 2 aliphatic heterocycles. The van der Waals surface area contributed by atoms with E-state index in [0.29, 0.717) is 10.0 Å². The summed E-state index contributed by atoms with van der Waals surface area (Å²) in [5, 5.41) is 35.1. The van der Waals surface area contributed by atoms with Gasteiger partial charge in [0.15, 0.2) is 0 Å². The topological polar surface area (TPSA) is 132 Å². The van der Waals surface area contributed by atoms with Gasteiger partial charge in [-0.25, -0.2) is 4.98 Å². The van der Waals surface area contributed by atoms with E-state index in [1.165, 1.54) is 102 Å². The van der Waals surface area contributed by atoms with Gasteiger partial charge in [-0.2, -0.15) is 0 Å². The van der Waals surface area contributed by atoms with E-state index in [0.717, 1.165) is 123 Å². The molecule has 3 aromatic heterocycles. The van der Waals surface area contributed by atoms with Gasteiger partial charge in [-0.1, -0.05) is 120 Å². The molecule has 444 valence electrons. The highest BCUT2D eigenvalue weighted by molar-refractivity contribution is 7.98. The van der Waals surface area contributed by atoms with Crippen molar-refractivity contribution in [2.45, 2.75) is 132 Å². The zero-order valence-electron chi connectivity index (χ0n) is 48.0. The lowest BCUT2D eigenvalue weighted by Crippen LogP contribution is -3.00. The molecule has 9 aromatic rings. The molecule has 0 unspecified atom stereocenters. The van der Waals surface area contributed by atoms with Crippen LogP contribution in [0.25, 0.3) is 54.7 Å². The van der Waals surface area contributed by atoms with E-state index in [-0.39, 0.29) is 54.7 Å². The van der Waals surface area contributed by atoms with Gasteiger partial charge in [0.25, 0.3) is 0 Å². The van der Waals surface area contributed by atoms with Crippen molar-refractivity contribution >= 4 is 90.0 Å². The predicted molar refractivity (Wildman–Crippen MR) is 336 cm³/mol. The van der Waals surface area contributed by atoms with Crippen molar-refractivity contribution in [3.05, 3.63) is 182 Å². The van der Waals surface area contributed by atoms with Gasteiger partial charge in [0.1, 0.15) is 24.3 Å². The predicted octanol–water partition coefficient (Wildman–Crippen LogP) is 4.53. The van der Waals surface area contributed by atoms with Gasteiger partial charge in [-0.15, -0.1) is 11.8 Å². The van der Waals surface area contributed by atoms with E-state index in [1.807, 2.05) is 42.5 Å². The number of halogens is 6. The van der Waals surface area contributed by atoms with E-state index >= 15 is 0 Å². The average molecular weight is 1270 g/mol. The third-order valence-corrected chi connectivity index (χ3v) is 20.6. The Kier molecular flexibility index (Phi) is 21.7. The number of fused-ring (bicyclic) bond motifs is 5. The summed E-state index contributed by atoms with van der Waals surface area (Å²) in [5.41, 5.74) is 16.4. The minimum absolute atomic E-state index is 0. The summed E-state index contributed by atoms with van der Waals surface area (Å²) in [7, 11) is 0. The molecule has 4 aliphatic carbocycles. The van der Waals surface area contributed by atoms with Crippen molar-refractivity contribution in [3.8, 4) is 11.3 Å². The van der Waals surface area contributed by atoms with Crippen LogP contribution in [0.2, 0.25) is 15.1 Å². The number of rotatable bonds is 11. The second-order valence-corrected chi connectivity index (χ2v) is 26.3. The highest BCUT2D eigenvalue weighted by Gasteiger charge is 2.52. The summed E-state index contributed by atoms with van der Waals surface area (Å²) in [4.78, 5) is 11.5. The fourth-order valence-electron chi connectivity index (χ4n) is 15.3. The lowest BCUT2D eigenvalue weighted by molar-refractivity contribution is -0.705. The standard InChI is InChI=1S/C25H30Cl2N2O.C25H24N2O.C19H21ClN2S.3ClH/c26-17-8-18-19(24(30)21-3-1-2-4-28-21)10-22(29-23(18)20(27)9-17)25-11-14-5-15(12-25)7-16(6-14)13-25;28-25(22-12-6-7-15-26-22)21-16-23(18-9-2-1-3-10-18)27-24-19-11-5-4-8-17(19)13-14-20(21)24;1-13-16(9-10-21)17-11-15(23-2)7-8-19(17)22(13)12-14-5-3-4-6-18(14)20;;;/h8-10,14-16,21,24,28,30H,1-7,11-13H2;1-5,8-11,13-14,16,22,25-26,28H,6-7,12,15H2;3-8,11H,9-10,12,21H2,1-2H3;3*1H/t14?,15?,16?,21-,24+,25?;22-,25+;;;;/m11..../s1. The third kappa shape index (κ3) is 13.3. The van der Waals surface area contributed by atoms with Crippen LogP contribution in [-0.2, 0) is 18.4 Å². The molecule has 9 N–H and O–H groups in total. The van der Waals surface area contributed by atoms with E-state index in [1.54, 1.807) is 17.8 Å². The van der Waals surface area contributed by atoms with Crippen molar-refractivity contribution in [1.29, 1.82) is 0 Å². The molecule has 4 saturated carbocycles. The van der Waals surface area contributed by atoms with Crippen LogP contribution in [-0.4, -0.2) is 62.7 Å². The second-order valence-electron chi connectivity index (χ2n) is 24.2. The molecule has 8 nitrogen and oxygen atoms in total. The van der Waals surface area contributed by atoms with Crippen LogP contribution < -0.4 is 53.6 Å². The molecule has 15 heteroatoms. The third-order valence-electron chi connectivity index (χ3n) is 19.0. The lowest BCUT2D eigenvalue weighted by Gasteiger charge is -2.56. The summed E-state index contributed by atoms with van der Waals surface area (Å²) in [6.45, 7) is 6.11. The first-order valence-electron chi connectivity index (χ1n) is 29.9. The molecule has 4 atom stereocenters. The Morgan fingerprint density at radius 1 is 0.643 bits per heavy atom. The first kappa shape index (κ1) is 64.3. The van der Waals surface area contributed by atoms with Gasteiger partial charge in [-0.05, 0) is 171 Å². The number of benzene rings is 6. The van der Waals surface area contributed by atoms with Crippen LogP contribution in [0, 0.1) is 24.7 Å². The number of aromatic nitrogens is 3. The number of aliphatic hydroxyl groups is 2. The molecule has 4 bridgehead atoms. The van der Waals surface area contributed by atoms with Crippen LogP contribution >= 0.6 is 46.6 Å². The number of pyridine rings is 2. The van der Waals surface area contributed by atoms with Gasteiger partial charge >= 0.3 is 0 Å². The zero-order valence-corrected chi connectivity index (χ0v) is 53.4. The number of nitrogens with two attached hydrogens (primary N) is 2. The molecule has 2 saturated heterocycles. The zero-order chi connectivity index (χ0) is 55.8. The molecule has 6 fully saturated rings. The van der Waals surface area contributed by atoms with Crippen molar-refractivity contribution in [3.63, 3.8) is 0 Å². The number of hydrogen-bond acceptors (Lipinski definition) is 5. The summed E-state index contributed by atoms with van der Waals surface area (Å²) in [6, 6.07) is 46.2. The van der Waals surface area contributed by atoms with Gasteiger partial charge in [0.2, 0.25) is 0 Å². The SMILES string of the molecule is CSc1ccc2c(c1)c(CC[NH3+])c(C)n2Cc1ccccc1Cl.O[C@@H](c1cc(-c2ccccc2)nc2c1ccc1ccccc12)[C@H]1CCCC[NH2+]1.O[C@@H](c1cc(C23CC4CC(CC(C4)C2)C3)nc2c(Cl)cc(Cl)cc12)[C@H]1CCCC[NH2+]1.[Cl-].[Cl-].[Cl-]. The Hall–Kier alpha value is -4.17. The van der Waals surface area contributed by atoms with Gasteiger partial charge in [0, 0.05) is 90.2 Å². The van der Waals surface area contributed by atoms with Crippen LogP contribution in [0.4, 0.5) is 0 Å². The highest BCUT2D eigenvalue weighted by atomic mass is 35.5. The van der Waals surface area contributed by atoms with E-state index in [2.05, 4.69) is 119 Å². The maximum Gasteiger partial charge on any atom is 0.131 e. The maximum atomic E-state index is 11.5. The Labute approximate surface area is 533 Å². The van der Waals surface area contributed by atoms with Crippen molar-refractivity contribution in [2.75, 3.05) is 25.9 Å². The van der Waals surface area contributed by atoms with E-state index in [4.69, 9.17) is 44.8 Å². The largest absolute Gasteiger partial charge is 1.00 e. The fourth-order valence-corrected chi connectivity index (χ4v) is 16.5. The Balaban J connectivity index is 0.000000150. The quantitative estimate of drug-likeness (QED) is 0.0961. The lowest BCUT2D eigenvalue weighted by atomic mass is 9.48. The number of aliphatic hydroxyl groups excluding tert-OH is 2. The summed E-state index contributed by atoms with van der Waals surface area (Å²) in [5.74, 6) is 2.57. The fraction of sp³-hybridized carbons (Fsp3) is 0.391. The molecule has 0 amide bonds. The Morgan fingerprint density at radius 2 is 1.27 bits per heavy atom. The first-order chi connectivity index (χ1) is 39.5. The summed E-state index contributed by atoms with van der Waals surface area (Å²) >= 11 is 21.2. The number of piperidine rings is 2. The molecule has 0 radical (unpaired) electrons. The smallest absolute Gasteiger partial charge is 0.131 e. The molecular formula is C69H78Cl6N6O2S. The molecular weight excluding hydrogens is 1190 g/mol. The minimum atomic E-state index is -0.516. The van der Waals surface area contributed by atoms with Crippen LogP contribution in [0.15, 0.2) is 138 Å². The molecule has 15 rings (SSSR count). The van der Waals surface area contributed by atoms with Crippen LogP contribution in [0.5, 0.6) is 0 Å². The maximum absolute atomic E-state index is 11.5. The Bertz CT molecular complexity index is 3690. The molecule has 6 aliphatic rings. The number of thioether (sulfide) groups is 1. The van der Waals surface area contributed by atoms with Gasteiger partial charge < -0.3 is 68.4 Å².